The molecule has 4 aliphatic carbocycles. The Morgan fingerprint density at radius 2 is 1.83 bits per heavy atom. The summed E-state index contributed by atoms with van der Waals surface area (Å²) in [6.07, 6.45) is 5.92. The Labute approximate surface area is 107 Å². The average Bonchev–Trinajstić information content (AvgIpc) is 2.24. The standard InChI is InChI=1S/C14H21NO3/c1-9(16)15-8-13-3-10-2-11(4-13)6-14(5-10,7-13)12(17)18/h10-11H,2-8H2,1H3,(H,15,16)(H,17,18)/t10-,11-,13?,14?/m0/s1. The SMILES string of the molecule is CC(=O)NCC12C[C@@H]3C[C@@H](C1)CC(C(=O)O)(C3)C2. The van der Waals surface area contributed by atoms with Crippen LogP contribution in [0.1, 0.15) is 45.4 Å². The molecular formula is C14H21NO3. The molecule has 0 aromatic rings. The molecule has 4 heteroatoms. The van der Waals surface area contributed by atoms with Crippen LogP contribution in [0.5, 0.6) is 0 Å². The van der Waals surface area contributed by atoms with Gasteiger partial charge in [0.15, 0.2) is 0 Å². The third-order valence-electron chi connectivity index (χ3n) is 5.35. The van der Waals surface area contributed by atoms with Crippen LogP contribution in [0.15, 0.2) is 0 Å². The highest BCUT2D eigenvalue weighted by Gasteiger charge is 2.60. The molecule has 4 rings (SSSR count). The van der Waals surface area contributed by atoms with Gasteiger partial charge < -0.3 is 10.4 Å². The van der Waals surface area contributed by atoms with Gasteiger partial charge in [-0.15, -0.1) is 0 Å². The van der Waals surface area contributed by atoms with Crippen LogP contribution in [0.2, 0.25) is 0 Å². The van der Waals surface area contributed by atoms with Crippen LogP contribution in [0.25, 0.3) is 0 Å². The lowest BCUT2D eigenvalue weighted by atomic mass is 9.44. The largest absolute Gasteiger partial charge is 0.481 e. The molecule has 0 heterocycles. The van der Waals surface area contributed by atoms with Gasteiger partial charge in [-0.3, -0.25) is 9.59 Å². The minimum atomic E-state index is -0.608. The summed E-state index contributed by atoms with van der Waals surface area (Å²) >= 11 is 0. The third kappa shape index (κ3) is 1.73. The van der Waals surface area contributed by atoms with Crippen molar-refractivity contribution in [1.82, 2.24) is 5.32 Å². The van der Waals surface area contributed by atoms with Crippen LogP contribution in [0, 0.1) is 22.7 Å². The molecule has 4 nitrogen and oxygen atoms in total. The maximum Gasteiger partial charge on any atom is 0.309 e. The minimum absolute atomic E-state index is 0.00452. The van der Waals surface area contributed by atoms with E-state index in [4.69, 9.17) is 0 Å². The lowest BCUT2D eigenvalue weighted by Crippen LogP contribution is -2.57. The van der Waals surface area contributed by atoms with Crippen molar-refractivity contribution in [3.8, 4) is 0 Å². The number of carbonyl (C=O) groups excluding carboxylic acids is 1. The van der Waals surface area contributed by atoms with E-state index in [9.17, 15) is 14.7 Å². The summed E-state index contributed by atoms with van der Waals surface area (Å²) in [6.45, 7) is 2.21. The fourth-order valence-electron chi connectivity index (χ4n) is 5.22. The number of carboxylic acids is 1. The lowest BCUT2D eigenvalue weighted by Gasteiger charge is -2.60. The van der Waals surface area contributed by atoms with Crippen LogP contribution in [0.3, 0.4) is 0 Å². The molecule has 4 saturated carbocycles. The number of carbonyl (C=O) groups is 2. The molecule has 100 valence electrons. The van der Waals surface area contributed by atoms with Gasteiger partial charge in [-0.05, 0) is 55.8 Å². The number of hydrogen-bond acceptors (Lipinski definition) is 2. The molecule has 4 bridgehead atoms. The summed E-state index contributed by atoms with van der Waals surface area (Å²) in [5, 5.41) is 12.5. The first-order chi connectivity index (χ1) is 8.43. The van der Waals surface area contributed by atoms with Crippen molar-refractivity contribution in [2.24, 2.45) is 22.7 Å². The van der Waals surface area contributed by atoms with E-state index in [2.05, 4.69) is 5.32 Å². The van der Waals surface area contributed by atoms with Gasteiger partial charge in [-0.2, -0.15) is 0 Å². The molecule has 0 aromatic carbocycles. The molecule has 4 aliphatic rings. The highest BCUT2D eigenvalue weighted by Crippen LogP contribution is 2.65. The summed E-state index contributed by atoms with van der Waals surface area (Å²) in [7, 11) is 0. The second-order valence-corrected chi connectivity index (χ2v) is 6.96. The zero-order chi connectivity index (χ0) is 13.0. The molecule has 1 amide bonds. The predicted molar refractivity (Wildman–Crippen MR) is 65.9 cm³/mol. The minimum Gasteiger partial charge on any atom is -0.481 e. The van der Waals surface area contributed by atoms with Crippen molar-refractivity contribution in [3.05, 3.63) is 0 Å². The van der Waals surface area contributed by atoms with E-state index in [1.807, 2.05) is 0 Å². The highest BCUT2D eigenvalue weighted by molar-refractivity contribution is 5.76. The smallest absolute Gasteiger partial charge is 0.309 e. The number of nitrogens with one attached hydrogen (secondary N) is 1. The molecular weight excluding hydrogens is 230 g/mol. The van der Waals surface area contributed by atoms with Gasteiger partial charge in [0.25, 0.3) is 0 Å². The quantitative estimate of drug-likeness (QED) is 0.803. The topological polar surface area (TPSA) is 66.4 Å². The fraction of sp³-hybridized carbons (Fsp3) is 0.857. The van der Waals surface area contributed by atoms with E-state index in [1.54, 1.807) is 0 Å². The first-order valence-electron chi connectivity index (χ1n) is 6.91. The lowest BCUT2D eigenvalue weighted by molar-refractivity contribution is -0.174. The first kappa shape index (κ1) is 12.0. The van der Waals surface area contributed by atoms with E-state index >= 15 is 0 Å². The van der Waals surface area contributed by atoms with Crippen LogP contribution in [-0.4, -0.2) is 23.5 Å². The number of rotatable bonds is 3. The number of aliphatic carboxylic acids is 1. The number of carboxylic acid groups (broad SMARTS) is 1. The molecule has 4 fully saturated rings. The zero-order valence-corrected chi connectivity index (χ0v) is 10.9. The third-order valence-corrected chi connectivity index (χ3v) is 5.35. The van der Waals surface area contributed by atoms with E-state index in [0.717, 1.165) is 32.1 Å². The van der Waals surface area contributed by atoms with E-state index in [1.165, 1.54) is 13.3 Å². The van der Waals surface area contributed by atoms with Gasteiger partial charge in [-0.1, -0.05) is 0 Å². The van der Waals surface area contributed by atoms with E-state index < -0.39 is 11.4 Å². The molecule has 2 atom stereocenters. The van der Waals surface area contributed by atoms with Crippen molar-refractivity contribution in [2.45, 2.75) is 45.4 Å². The van der Waals surface area contributed by atoms with E-state index in [0.29, 0.717) is 18.4 Å². The van der Waals surface area contributed by atoms with Crippen LogP contribution < -0.4 is 5.32 Å². The predicted octanol–water partition coefficient (Wildman–Crippen LogP) is 1.79. The summed E-state index contributed by atoms with van der Waals surface area (Å²) in [5.74, 6) is 0.520. The summed E-state index contributed by atoms with van der Waals surface area (Å²) in [4.78, 5) is 22.8. The van der Waals surface area contributed by atoms with Gasteiger partial charge in [0.1, 0.15) is 0 Å². The fourth-order valence-corrected chi connectivity index (χ4v) is 5.22. The van der Waals surface area contributed by atoms with E-state index in [-0.39, 0.29) is 11.3 Å². The molecule has 0 spiro atoms. The Hall–Kier alpha value is -1.06. The number of hydrogen-bond donors (Lipinski definition) is 2. The van der Waals surface area contributed by atoms with Crippen molar-refractivity contribution >= 4 is 11.9 Å². The Bertz CT molecular complexity index is 390. The second-order valence-electron chi connectivity index (χ2n) is 6.96. The monoisotopic (exact) mass is 251 g/mol. The van der Waals surface area contributed by atoms with Crippen LogP contribution >= 0.6 is 0 Å². The molecule has 0 aromatic heterocycles. The highest BCUT2D eigenvalue weighted by atomic mass is 16.4. The first-order valence-corrected chi connectivity index (χ1v) is 6.91. The Balaban J connectivity index is 1.85. The van der Waals surface area contributed by atoms with Gasteiger partial charge in [0.2, 0.25) is 5.91 Å². The molecule has 0 saturated heterocycles. The zero-order valence-electron chi connectivity index (χ0n) is 10.9. The molecule has 2 N–H and O–H groups in total. The molecule has 18 heavy (non-hydrogen) atoms. The molecule has 0 aliphatic heterocycles. The van der Waals surface area contributed by atoms with Crippen LogP contribution in [0.4, 0.5) is 0 Å². The van der Waals surface area contributed by atoms with Crippen molar-refractivity contribution in [1.29, 1.82) is 0 Å². The summed E-state index contributed by atoms with van der Waals surface area (Å²) in [6, 6.07) is 0. The Kier molecular flexibility index (Phi) is 2.48. The normalized spacial score (nSPS) is 44.9. The number of amides is 1. The maximum atomic E-state index is 11.6. The van der Waals surface area contributed by atoms with Crippen molar-refractivity contribution in [2.75, 3.05) is 6.54 Å². The van der Waals surface area contributed by atoms with Crippen LogP contribution in [-0.2, 0) is 9.59 Å². The maximum absolute atomic E-state index is 11.6. The Morgan fingerprint density at radius 3 is 2.33 bits per heavy atom. The Morgan fingerprint density at radius 1 is 1.22 bits per heavy atom. The molecule has 0 radical (unpaired) electrons. The molecule has 0 unspecified atom stereocenters. The van der Waals surface area contributed by atoms with Gasteiger partial charge >= 0.3 is 5.97 Å². The van der Waals surface area contributed by atoms with Gasteiger partial charge in [0.05, 0.1) is 5.41 Å². The summed E-state index contributed by atoms with van der Waals surface area (Å²) < 4.78 is 0. The van der Waals surface area contributed by atoms with Crippen molar-refractivity contribution < 1.29 is 14.7 Å². The van der Waals surface area contributed by atoms with Crippen molar-refractivity contribution in [3.63, 3.8) is 0 Å². The summed E-state index contributed by atoms with van der Waals surface area (Å²) in [5.41, 5.74) is -0.420. The second kappa shape index (κ2) is 3.72. The average molecular weight is 251 g/mol. The van der Waals surface area contributed by atoms with Gasteiger partial charge in [0, 0.05) is 13.5 Å². The van der Waals surface area contributed by atoms with Gasteiger partial charge in [-0.25, -0.2) is 0 Å².